The molecular formula is C13H11ClN2O2. The van der Waals surface area contributed by atoms with Gasteiger partial charge >= 0.3 is 5.97 Å². The number of nitrogens with zero attached hydrogens (tertiary/aromatic N) is 1. The molecule has 0 spiro atoms. The maximum atomic E-state index is 11.6. The second-order valence-corrected chi connectivity index (χ2v) is 4.20. The van der Waals surface area contributed by atoms with Gasteiger partial charge in [0.05, 0.1) is 24.6 Å². The summed E-state index contributed by atoms with van der Waals surface area (Å²) >= 11 is 5.97. The first-order chi connectivity index (χ1) is 8.65. The number of aromatic nitrogens is 1. The number of carbonyl (C=O) groups is 1. The Hall–Kier alpha value is -1.99. The van der Waals surface area contributed by atoms with Crippen molar-refractivity contribution in [2.45, 2.75) is 13.3 Å². The van der Waals surface area contributed by atoms with E-state index in [2.05, 4.69) is 11.1 Å². The Morgan fingerprint density at radius 3 is 2.94 bits per heavy atom. The fraction of sp³-hybridized carbons (Fsp3) is 0.231. The van der Waals surface area contributed by atoms with Crippen molar-refractivity contribution in [1.82, 2.24) is 4.98 Å². The summed E-state index contributed by atoms with van der Waals surface area (Å²) in [5, 5.41) is 10.1. The molecule has 92 valence electrons. The normalized spacial score (nSPS) is 10.3. The number of hydrogen-bond acceptors (Lipinski definition) is 3. The quantitative estimate of drug-likeness (QED) is 0.865. The summed E-state index contributed by atoms with van der Waals surface area (Å²) in [6, 6.07) is 7.22. The van der Waals surface area contributed by atoms with Gasteiger partial charge in [0.1, 0.15) is 5.69 Å². The summed E-state index contributed by atoms with van der Waals surface area (Å²) in [6.45, 7) is 2.07. The number of esters is 1. The average molecular weight is 263 g/mol. The number of fused-ring (bicyclic) bond motifs is 1. The number of nitriles is 1. The number of H-pyrrole nitrogens is 1. The summed E-state index contributed by atoms with van der Waals surface area (Å²) < 4.78 is 4.92. The minimum Gasteiger partial charge on any atom is -0.461 e. The van der Waals surface area contributed by atoms with Crippen molar-refractivity contribution in [3.63, 3.8) is 0 Å². The first kappa shape index (κ1) is 12.5. The molecule has 0 radical (unpaired) electrons. The van der Waals surface area contributed by atoms with Gasteiger partial charge in [0, 0.05) is 10.4 Å². The molecule has 0 fully saturated rings. The number of rotatable bonds is 3. The van der Waals surface area contributed by atoms with E-state index in [4.69, 9.17) is 21.6 Å². The van der Waals surface area contributed by atoms with Crippen molar-refractivity contribution < 1.29 is 9.53 Å². The van der Waals surface area contributed by atoms with Crippen LogP contribution in [0.5, 0.6) is 0 Å². The van der Waals surface area contributed by atoms with E-state index in [0.717, 1.165) is 16.5 Å². The van der Waals surface area contributed by atoms with Gasteiger partial charge in [-0.2, -0.15) is 5.26 Å². The zero-order valence-electron chi connectivity index (χ0n) is 9.79. The molecule has 0 aliphatic heterocycles. The average Bonchev–Trinajstić information content (AvgIpc) is 2.73. The Morgan fingerprint density at radius 1 is 1.50 bits per heavy atom. The Morgan fingerprint density at radius 2 is 2.28 bits per heavy atom. The van der Waals surface area contributed by atoms with Crippen LogP contribution >= 0.6 is 11.6 Å². The number of hydrogen-bond donors (Lipinski definition) is 1. The molecule has 2 rings (SSSR count). The lowest BCUT2D eigenvalue weighted by atomic mass is 10.1. The highest BCUT2D eigenvalue weighted by molar-refractivity contribution is 6.31. The van der Waals surface area contributed by atoms with E-state index in [1.54, 1.807) is 25.1 Å². The van der Waals surface area contributed by atoms with Crippen LogP contribution in [0.15, 0.2) is 18.2 Å². The number of carbonyl (C=O) groups excluding carboxylic acids is 1. The fourth-order valence-electron chi connectivity index (χ4n) is 1.82. The highest BCUT2D eigenvalue weighted by Gasteiger charge is 2.13. The Labute approximate surface area is 109 Å². The third-order valence-electron chi connectivity index (χ3n) is 2.54. The summed E-state index contributed by atoms with van der Waals surface area (Å²) in [6.07, 6.45) is 0.236. The largest absolute Gasteiger partial charge is 0.461 e. The zero-order chi connectivity index (χ0) is 13.1. The predicted octanol–water partition coefficient (Wildman–Crippen LogP) is 3.06. The topological polar surface area (TPSA) is 65.9 Å². The number of aromatic amines is 1. The van der Waals surface area contributed by atoms with Crippen molar-refractivity contribution in [2.24, 2.45) is 0 Å². The third-order valence-corrected chi connectivity index (χ3v) is 2.76. The first-order valence-electron chi connectivity index (χ1n) is 5.51. The molecule has 0 bridgehead atoms. The molecule has 0 aliphatic carbocycles. The van der Waals surface area contributed by atoms with Gasteiger partial charge in [0.25, 0.3) is 0 Å². The second kappa shape index (κ2) is 5.11. The molecule has 1 aromatic heterocycles. The molecule has 0 aliphatic rings. The van der Waals surface area contributed by atoms with E-state index in [-0.39, 0.29) is 6.42 Å². The van der Waals surface area contributed by atoms with Gasteiger partial charge in [-0.1, -0.05) is 11.6 Å². The van der Waals surface area contributed by atoms with Gasteiger partial charge in [0.2, 0.25) is 0 Å². The second-order valence-electron chi connectivity index (χ2n) is 3.77. The minimum absolute atomic E-state index is 0.236. The van der Waals surface area contributed by atoms with Crippen molar-refractivity contribution in [1.29, 1.82) is 5.26 Å². The predicted molar refractivity (Wildman–Crippen MR) is 68.6 cm³/mol. The molecule has 0 saturated carbocycles. The lowest BCUT2D eigenvalue weighted by Crippen LogP contribution is -2.04. The number of ether oxygens (including phenoxy) is 1. The maximum Gasteiger partial charge on any atom is 0.354 e. The molecule has 1 aromatic carbocycles. The van der Waals surface area contributed by atoms with Crippen LogP contribution in [-0.2, 0) is 11.2 Å². The van der Waals surface area contributed by atoms with Gasteiger partial charge in [-0.15, -0.1) is 0 Å². The van der Waals surface area contributed by atoms with Crippen LogP contribution in [-0.4, -0.2) is 17.6 Å². The molecule has 4 nitrogen and oxygen atoms in total. The van der Waals surface area contributed by atoms with Gasteiger partial charge in [-0.3, -0.25) is 0 Å². The maximum absolute atomic E-state index is 11.6. The Balaban J connectivity index is 2.53. The highest BCUT2D eigenvalue weighted by Crippen LogP contribution is 2.25. The SMILES string of the molecule is CCOC(=O)c1cc2cc(Cl)cc(CC#N)c2[nH]1. The fourth-order valence-corrected chi connectivity index (χ4v) is 2.07. The number of halogens is 1. The van der Waals surface area contributed by atoms with Crippen LogP contribution in [0.4, 0.5) is 0 Å². The van der Waals surface area contributed by atoms with Gasteiger partial charge in [-0.05, 0) is 30.7 Å². The van der Waals surface area contributed by atoms with Crippen LogP contribution < -0.4 is 0 Å². The molecule has 0 saturated heterocycles. The molecule has 0 amide bonds. The molecular weight excluding hydrogens is 252 g/mol. The van der Waals surface area contributed by atoms with Crippen LogP contribution in [0, 0.1) is 11.3 Å². The summed E-state index contributed by atoms with van der Waals surface area (Å²) in [7, 11) is 0. The van der Waals surface area contributed by atoms with Crippen LogP contribution in [0.25, 0.3) is 10.9 Å². The van der Waals surface area contributed by atoms with E-state index in [1.807, 2.05) is 0 Å². The molecule has 0 atom stereocenters. The van der Waals surface area contributed by atoms with Crippen LogP contribution in [0.3, 0.4) is 0 Å². The van der Waals surface area contributed by atoms with Crippen molar-refractivity contribution in [3.05, 3.63) is 34.5 Å². The van der Waals surface area contributed by atoms with E-state index in [9.17, 15) is 4.79 Å². The lowest BCUT2D eigenvalue weighted by molar-refractivity contribution is 0.0520. The standard InChI is InChI=1S/C13H11ClN2O2/c1-2-18-13(17)11-7-9-6-10(14)5-8(3-4-15)12(9)16-11/h5-7,16H,2-3H2,1H3. The molecule has 1 heterocycles. The first-order valence-corrected chi connectivity index (χ1v) is 5.88. The lowest BCUT2D eigenvalue weighted by Gasteiger charge is -1.99. The number of nitrogens with one attached hydrogen (secondary N) is 1. The Bertz CT molecular complexity index is 640. The van der Waals surface area contributed by atoms with Gasteiger partial charge in [0.15, 0.2) is 0 Å². The molecule has 18 heavy (non-hydrogen) atoms. The van der Waals surface area contributed by atoms with Gasteiger partial charge < -0.3 is 9.72 Å². The smallest absolute Gasteiger partial charge is 0.354 e. The molecule has 0 unspecified atom stereocenters. The number of benzene rings is 1. The molecule has 1 N–H and O–H groups in total. The van der Waals surface area contributed by atoms with Gasteiger partial charge in [-0.25, -0.2) is 4.79 Å². The zero-order valence-corrected chi connectivity index (χ0v) is 10.5. The summed E-state index contributed by atoms with van der Waals surface area (Å²) in [5.41, 5.74) is 1.90. The van der Waals surface area contributed by atoms with Crippen molar-refractivity contribution in [2.75, 3.05) is 6.61 Å². The van der Waals surface area contributed by atoms with Crippen molar-refractivity contribution >= 4 is 28.5 Å². The van der Waals surface area contributed by atoms with Crippen molar-refractivity contribution in [3.8, 4) is 6.07 Å². The minimum atomic E-state index is -0.410. The van der Waals surface area contributed by atoms with E-state index >= 15 is 0 Å². The Kier molecular flexibility index (Phi) is 3.54. The van der Waals surface area contributed by atoms with E-state index in [1.165, 1.54) is 0 Å². The monoisotopic (exact) mass is 262 g/mol. The summed E-state index contributed by atoms with van der Waals surface area (Å²) in [4.78, 5) is 14.6. The summed E-state index contributed by atoms with van der Waals surface area (Å²) in [5.74, 6) is -0.410. The third kappa shape index (κ3) is 2.31. The van der Waals surface area contributed by atoms with E-state index in [0.29, 0.717) is 17.3 Å². The van der Waals surface area contributed by atoms with E-state index < -0.39 is 5.97 Å². The highest BCUT2D eigenvalue weighted by atomic mass is 35.5. The molecule has 2 aromatic rings. The molecule has 5 heteroatoms. The van der Waals surface area contributed by atoms with Crippen LogP contribution in [0.2, 0.25) is 5.02 Å². The van der Waals surface area contributed by atoms with Crippen LogP contribution in [0.1, 0.15) is 23.0 Å².